The number of aliphatic hydroxyl groups is 1. The second-order valence-corrected chi connectivity index (χ2v) is 8.68. The Balaban J connectivity index is 1.29. The number of likely N-dealkylation sites (tertiary alicyclic amines) is 1. The SMILES string of the molecule is CCN1CCC[C@H]1CNCc1ccc(OC[C@H](O)c2ccc3c(c2)n(C)c(=O)n3C)cc1. The molecule has 2 aromatic carbocycles. The molecule has 0 amide bonds. The normalized spacial score (nSPS) is 17.8. The fraction of sp³-hybridized carbons (Fsp3) is 0.480. The number of ether oxygens (including phenoxy) is 1. The lowest BCUT2D eigenvalue weighted by Crippen LogP contribution is -2.37. The maximum Gasteiger partial charge on any atom is 0.328 e. The minimum absolute atomic E-state index is 0.0802. The van der Waals surface area contributed by atoms with Crippen LogP contribution in [0.4, 0.5) is 0 Å². The van der Waals surface area contributed by atoms with Crippen molar-refractivity contribution in [1.82, 2.24) is 19.4 Å². The number of rotatable bonds is 9. The highest BCUT2D eigenvalue weighted by Gasteiger charge is 2.22. The van der Waals surface area contributed by atoms with Crippen LogP contribution in [0.5, 0.6) is 5.75 Å². The van der Waals surface area contributed by atoms with Gasteiger partial charge in [-0.15, -0.1) is 0 Å². The Bertz CT molecular complexity index is 1100. The van der Waals surface area contributed by atoms with Gasteiger partial charge in [-0.3, -0.25) is 14.0 Å². The Morgan fingerprint density at radius 3 is 2.62 bits per heavy atom. The topological polar surface area (TPSA) is 71.7 Å². The van der Waals surface area contributed by atoms with Gasteiger partial charge in [0.2, 0.25) is 0 Å². The summed E-state index contributed by atoms with van der Waals surface area (Å²) in [7, 11) is 3.49. The van der Waals surface area contributed by atoms with Gasteiger partial charge in [-0.05, 0) is 61.3 Å². The van der Waals surface area contributed by atoms with Crippen LogP contribution in [-0.4, -0.2) is 51.4 Å². The molecule has 172 valence electrons. The van der Waals surface area contributed by atoms with Crippen molar-refractivity contribution in [3.8, 4) is 5.75 Å². The molecule has 0 spiro atoms. The number of likely N-dealkylation sites (N-methyl/N-ethyl adjacent to an activating group) is 1. The molecule has 3 aromatic rings. The Morgan fingerprint density at radius 2 is 1.88 bits per heavy atom. The van der Waals surface area contributed by atoms with Gasteiger partial charge in [0.15, 0.2) is 0 Å². The summed E-state index contributed by atoms with van der Waals surface area (Å²) in [5.41, 5.74) is 3.50. The van der Waals surface area contributed by atoms with Crippen molar-refractivity contribution in [1.29, 1.82) is 0 Å². The molecular weight excluding hydrogens is 404 g/mol. The third-order valence-electron chi connectivity index (χ3n) is 6.63. The predicted octanol–water partition coefficient (Wildman–Crippen LogP) is 2.56. The van der Waals surface area contributed by atoms with E-state index in [1.54, 1.807) is 23.2 Å². The third kappa shape index (κ3) is 4.75. The van der Waals surface area contributed by atoms with Gasteiger partial charge in [0, 0.05) is 33.2 Å². The van der Waals surface area contributed by atoms with Gasteiger partial charge in [0.1, 0.15) is 18.5 Å². The van der Waals surface area contributed by atoms with E-state index in [9.17, 15) is 9.90 Å². The molecule has 1 aliphatic heterocycles. The van der Waals surface area contributed by atoms with Crippen molar-refractivity contribution in [2.24, 2.45) is 14.1 Å². The number of aliphatic hydroxyl groups excluding tert-OH is 1. The summed E-state index contributed by atoms with van der Waals surface area (Å²) < 4.78 is 9.00. The number of hydrogen-bond donors (Lipinski definition) is 2. The minimum atomic E-state index is -0.774. The molecule has 1 aliphatic rings. The molecule has 0 unspecified atom stereocenters. The third-order valence-corrected chi connectivity index (χ3v) is 6.63. The summed E-state index contributed by atoms with van der Waals surface area (Å²) in [4.78, 5) is 14.6. The molecule has 1 saturated heterocycles. The van der Waals surface area contributed by atoms with E-state index < -0.39 is 6.10 Å². The van der Waals surface area contributed by atoms with Crippen molar-refractivity contribution in [2.75, 3.05) is 26.2 Å². The second-order valence-electron chi connectivity index (χ2n) is 8.68. The zero-order valence-corrected chi connectivity index (χ0v) is 19.3. The number of aromatic nitrogens is 2. The Hall–Kier alpha value is -2.61. The second kappa shape index (κ2) is 9.90. The number of fused-ring (bicyclic) bond motifs is 1. The van der Waals surface area contributed by atoms with Crippen LogP contribution >= 0.6 is 0 Å². The lowest BCUT2D eigenvalue weighted by Gasteiger charge is -2.23. The molecule has 7 nitrogen and oxygen atoms in total. The van der Waals surface area contributed by atoms with E-state index >= 15 is 0 Å². The summed E-state index contributed by atoms with van der Waals surface area (Å²) in [6.45, 7) is 6.59. The van der Waals surface area contributed by atoms with Crippen LogP contribution in [-0.2, 0) is 20.6 Å². The molecule has 0 radical (unpaired) electrons. The first kappa shape index (κ1) is 22.6. The molecular formula is C25H34N4O3. The molecule has 7 heteroatoms. The van der Waals surface area contributed by atoms with Gasteiger partial charge in [0.25, 0.3) is 0 Å². The summed E-state index contributed by atoms with van der Waals surface area (Å²) >= 11 is 0. The minimum Gasteiger partial charge on any atom is -0.491 e. The quantitative estimate of drug-likeness (QED) is 0.537. The van der Waals surface area contributed by atoms with E-state index in [4.69, 9.17) is 4.74 Å². The number of nitrogens with one attached hydrogen (secondary N) is 1. The highest BCUT2D eigenvalue weighted by atomic mass is 16.5. The molecule has 2 heterocycles. The molecule has 4 rings (SSSR count). The lowest BCUT2D eigenvalue weighted by atomic mass is 10.1. The lowest BCUT2D eigenvalue weighted by molar-refractivity contribution is 0.108. The number of aryl methyl sites for hydroxylation is 2. The molecule has 0 bridgehead atoms. The van der Waals surface area contributed by atoms with Crippen molar-refractivity contribution in [2.45, 2.75) is 38.5 Å². The first-order valence-corrected chi connectivity index (χ1v) is 11.5. The highest BCUT2D eigenvalue weighted by molar-refractivity contribution is 5.76. The summed E-state index contributed by atoms with van der Waals surface area (Å²) in [6.07, 6.45) is 1.81. The zero-order valence-electron chi connectivity index (χ0n) is 19.3. The van der Waals surface area contributed by atoms with Gasteiger partial charge in [-0.25, -0.2) is 4.79 Å². The number of imidazole rings is 1. The van der Waals surface area contributed by atoms with Crippen LogP contribution in [0.15, 0.2) is 47.3 Å². The Morgan fingerprint density at radius 1 is 1.12 bits per heavy atom. The largest absolute Gasteiger partial charge is 0.491 e. The van der Waals surface area contributed by atoms with E-state index in [0.29, 0.717) is 6.04 Å². The maximum atomic E-state index is 12.1. The molecule has 0 saturated carbocycles. The molecule has 2 atom stereocenters. The van der Waals surface area contributed by atoms with E-state index in [1.165, 1.54) is 24.9 Å². The van der Waals surface area contributed by atoms with Gasteiger partial charge >= 0.3 is 5.69 Å². The van der Waals surface area contributed by atoms with Crippen LogP contribution in [0.2, 0.25) is 0 Å². The molecule has 32 heavy (non-hydrogen) atoms. The van der Waals surface area contributed by atoms with Crippen LogP contribution in [0.1, 0.15) is 37.0 Å². The fourth-order valence-corrected chi connectivity index (χ4v) is 4.63. The van der Waals surface area contributed by atoms with Gasteiger partial charge in [0.05, 0.1) is 11.0 Å². The van der Waals surface area contributed by atoms with Crippen molar-refractivity contribution < 1.29 is 9.84 Å². The first-order valence-electron chi connectivity index (χ1n) is 11.5. The number of nitrogens with zero attached hydrogens (tertiary/aromatic N) is 3. The standard InChI is InChI=1S/C25H34N4O3/c1-4-29-13-5-6-20(29)16-26-15-18-7-10-21(11-8-18)32-17-24(30)19-9-12-22-23(14-19)28(3)25(31)27(22)2/h7-12,14,20,24,26,30H,4-6,13,15-17H2,1-3H3/t20-,24-/m0/s1. The maximum absolute atomic E-state index is 12.1. The van der Waals surface area contributed by atoms with E-state index in [-0.39, 0.29) is 12.3 Å². The van der Waals surface area contributed by atoms with E-state index in [2.05, 4.69) is 29.3 Å². The number of hydrogen-bond acceptors (Lipinski definition) is 5. The fourth-order valence-electron chi connectivity index (χ4n) is 4.63. The summed E-state index contributed by atoms with van der Waals surface area (Å²) in [5.74, 6) is 0.731. The van der Waals surface area contributed by atoms with E-state index in [1.807, 2.05) is 30.3 Å². The Labute approximate surface area is 189 Å². The summed E-state index contributed by atoms with van der Waals surface area (Å²) in [6, 6.07) is 14.2. The van der Waals surface area contributed by atoms with Crippen LogP contribution in [0.3, 0.4) is 0 Å². The van der Waals surface area contributed by atoms with Gasteiger partial charge in [-0.1, -0.05) is 25.1 Å². The molecule has 1 aromatic heterocycles. The zero-order chi connectivity index (χ0) is 22.7. The average Bonchev–Trinajstić information content (AvgIpc) is 3.36. The monoisotopic (exact) mass is 438 g/mol. The van der Waals surface area contributed by atoms with Crippen LogP contribution in [0.25, 0.3) is 11.0 Å². The molecule has 0 aliphatic carbocycles. The van der Waals surface area contributed by atoms with Gasteiger partial charge in [-0.2, -0.15) is 0 Å². The highest BCUT2D eigenvalue weighted by Crippen LogP contribution is 2.21. The summed E-state index contributed by atoms with van der Waals surface area (Å²) in [5, 5.41) is 14.2. The van der Waals surface area contributed by atoms with Crippen molar-refractivity contribution in [3.05, 3.63) is 64.1 Å². The Kier molecular flexibility index (Phi) is 6.98. The predicted molar refractivity (Wildman–Crippen MR) is 127 cm³/mol. The molecule has 2 N–H and O–H groups in total. The average molecular weight is 439 g/mol. The van der Waals surface area contributed by atoms with Crippen molar-refractivity contribution >= 4 is 11.0 Å². The first-order chi connectivity index (χ1) is 15.5. The van der Waals surface area contributed by atoms with Gasteiger partial charge < -0.3 is 15.2 Å². The van der Waals surface area contributed by atoms with E-state index in [0.717, 1.165) is 42.0 Å². The molecule has 1 fully saturated rings. The van der Waals surface area contributed by atoms with Crippen LogP contribution in [0, 0.1) is 0 Å². The van der Waals surface area contributed by atoms with Crippen molar-refractivity contribution in [3.63, 3.8) is 0 Å². The smallest absolute Gasteiger partial charge is 0.328 e. The van der Waals surface area contributed by atoms with Crippen LogP contribution < -0.4 is 15.7 Å². The number of benzene rings is 2.